The maximum Gasteiger partial charge on any atom is 0.124 e. The first-order chi connectivity index (χ1) is 8.44. The number of hydrogen-bond donors (Lipinski definition) is 0. The highest BCUT2D eigenvalue weighted by Crippen LogP contribution is 2.31. The van der Waals surface area contributed by atoms with Crippen LogP contribution in [0, 0.1) is 5.82 Å². The summed E-state index contributed by atoms with van der Waals surface area (Å²) < 4.78 is 14.5. The quantitative estimate of drug-likeness (QED) is 0.794. The summed E-state index contributed by atoms with van der Waals surface area (Å²) in [6.07, 6.45) is 1.19. The standard InChI is InChI=1S/C14H19BrFNS/c1-14(2)3-4-17(5-6-18-14)10-11-7-12(15)9-13(16)8-11/h7-9H,3-6,10H2,1-2H3. The van der Waals surface area contributed by atoms with Gasteiger partial charge in [-0.25, -0.2) is 4.39 Å². The number of hydrogen-bond acceptors (Lipinski definition) is 2. The Labute approximate surface area is 121 Å². The summed E-state index contributed by atoms with van der Waals surface area (Å²) in [5, 5.41) is 0. The minimum atomic E-state index is -0.163. The molecule has 0 saturated carbocycles. The minimum absolute atomic E-state index is 0.163. The molecule has 0 aromatic heterocycles. The van der Waals surface area contributed by atoms with Gasteiger partial charge in [-0.3, -0.25) is 4.90 Å². The molecule has 18 heavy (non-hydrogen) atoms. The van der Waals surface area contributed by atoms with Gasteiger partial charge in [0.1, 0.15) is 5.82 Å². The van der Waals surface area contributed by atoms with Crippen LogP contribution < -0.4 is 0 Å². The Balaban J connectivity index is 2.00. The highest BCUT2D eigenvalue weighted by molar-refractivity contribution is 9.10. The van der Waals surface area contributed by atoms with Crippen molar-refractivity contribution in [1.82, 2.24) is 4.90 Å². The van der Waals surface area contributed by atoms with E-state index < -0.39 is 0 Å². The Morgan fingerprint density at radius 3 is 2.83 bits per heavy atom. The maximum absolute atomic E-state index is 13.3. The van der Waals surface area contributed by atoms with Crippen molar-refractivity contribution in [2.45, 2.75) is 31.6 Å². The van der Waals surface area contributed by atoms with Gasteiger partial charge in [-0.1, -0.05) is 29.8 Å². The smallest absolute Gasteiger partial charge is 0.124 e. The summed E-state index contributed by atoms with van der Waals surface area (Å²) in [5.41, 5.74) is 1.05. The Bertz CT molecular complexity index is 402. The molecule has 0 spiro atoms. The molecule has 1 aliphatic rings. The van der Waals surface area contributed by atoms with Crippen molar-refractivity contribution in [3.63, 3.8) is 0 Å². The van der Waals surface area contributed by atoms with Crippen LogP contribution in [0.2, 0.25) is 0 Å². The van der Waals surface area contributed by atoms with E-state index in [2.05, 4.69) is 34.7 Å². The molecule has 0 aliphatic carbocycles. The average molecular weight is 332 g/mol. The second-order valence-electron chi connectivity index (χ2n) is 5.41. The van der Waals surface area contributed by atoms with Crippen LogP contribution in [0.5, 0.6) is 0 Å². The van der Waals surface area contributed by atoms with Gasteiger partial charge in [-0.15, -0.1) is 0 Å². The Morgan fingerprint density at radius 2 is 2.11 bits per heavy atom. The molecular formula is C14H19BrFNS. The minimum Gasteiger partial charge on any atom is -0.298 e. The molecule has 100 valence electrons. The predicted octanol–water partition coefficient (Wildman–Crippen LogP) is 4.31. The molecule has 1 aromatic carbocycles. The monoisotopic (exact) mass is 331 g/mol. The van der Waals surface area contributed by atoms with E-state index in [9.17, 15) is 4.39 Å². The van der Waals surface area contributed by atoms with Gasteiger partial charge in [0.2, 0.25) is 0 Å². The fraction of sp³-hybridized carbons (Fsp3) is 0.571. The zero-order valence-electron chi connectivity index (χ0n) is 10.9. The molecule has 0 radical (unpaired) electrons. The van der Waals surface area contributed by atoms with Crippen LogP contribution in [0.15, 0.2) is 22.7 Å². The number of thioether (sulfide) groups is 1. The van der Waals surface area contributed by atoms with Crippen LogP contribution >= 0.6 is 27.7 Å². The number of rotatable bonds is 2. The van der Waals surface area contributed by atoms with Crippen LogP contribution in [0.3, 0.4) is 0 Å². The van der Waals surface area contributed by atoms with Crippen LogP contribution in [-0.4, -0.2) is 28.5 Å². The maximum atomic E-state index is 13.3. The lowest BCUT2D eigenvalue weighted by atomic mass is 10.1. The SMILES string of the molecule is CC1(C)CCN(Cc2cc(F)cc(Br)c2)CCS1. The average Bonchev–Trinajstić information content (AvgIpc) is 2.39. The third-order valence-corrected chi connectivity index (χ3v) is 5.09. The fourth-order valence-corrected chi connectivity index (χ4v) is 3.83. The van der Waals surface area contributed by atoms with E-state index in [0.717, 1.165) is 35.4 Å². The molecule has 4 heteroatoms. The van der Waals surface area contributed by atoms with Gasteiger partial charge in [-0.05, 0) is 36.7 Å². The van der Waals surface area contributed by atoms with Gasteiger partial charge in [-0.2, -0.15) is 11.8 Å². The molecule has 1 fully saturated rings. The number of nitrogens with zero attached hydrogens (tertiary/aromatic N) is 1. The molecule has 0 bridgehead atoms. The Hall–Kier alpha value is -0.0600. The van der Waals surface area contributed by atoms with Crippen LogP contribution in [0.25, 0.3) is 0 Å². The van der Waals surface area contributed by atoms with Gasteiger partial charge in [0.15, 0.2) is 0 Å². The zero-order valence-corrected chi connectivity index (χ0v) is 13.3. The van der Waals surface area contributed by atoms with E-state index in [1.54, 1.807) is 6.07 Å². The van der Waals surface area contributed by atoms with Crippen molar-refractivity contribution < 1.29 is 4.39 Å². The van der Waals surface area contributed by atoms with Crippen LogP contribution in [-0.2, 0) is 6.54 Å². The molecule has 1 nitrogen and oxygen atoms in total. The molecule has 0 unspecified atom stereocenters. The van der Waals surface area contributed by atoms with Gasteiger partial charge < -0.3 is 0 Å². The topological polar surface area (TPSA) is 3.24 Å². The Morgan fingerprint density at radius 1 is 1.33 bits per heavy atom. The van der Waals surface area contributed by atoms with E-state index in [0.29, 0.717) is 4.75 Å². The highest BCUT2D eigenvalue weighted by Gasteiger charge is 2.23. The van der Waals surface area contributed by atoms with Crippen LogP contribution in [0.4, 0.5) is 4.39 Å². The second kappa shape index (κ2) is 5.93. The first kappa shape index (κ1) is 14.4. The predicted molar refractivity (Wildman–Crippen MR) is 80.5 cm³/mol. The van der Waals surface area contributed by atoms with Crippen molar-refractivity contribution in [3.8, 4) is 0 Å². The third-order valence-electron chi connectivity index (χ3n) is 3.26. The van der Waals surface area contributed by atoms with Crippen molar-refractivity contribution >= 4 is 27.7 Å². The Kier molecular flexibility index (Phi) is 4.73. The molecule has 0 N–H and O–H groups in total. The number of halogens is 2. The zero-order chi connectivity index (χ0) is 13.2. The molecule has 1 aliphatic heterocycles. The normalized spacial score (nSPS) is 20.7. The van der Waals surface area contributed by atoms with Crippen molar-refractivity contribution in [2.24, 2.45) is 0 Å². The van der Waals surface area contributed by atoms with E-state index in [1.807, 2.05) is 17.8 Å². The van der Waals surface area contributed by atoms with Crippen molar-refractivity contribution in [1.29, 1.82) is 0 Å². The lowest BCUT2D eigenvalue weighted by molar-refractivity contribution is 0.276. The lowest BCUT2D eigenvalue weighted by Gasteiger charge is -2.22. The van der Waals surface area contributed by atoms with Crippen LogP contribution in [0.1, 0.15) is 25.8 Å². The second-order valence-corrected chi connectivity index (χ2v) is 8.13. The molecule has 0 amide bonds. The molecule has 2 rings (SSSR count). The fourth-order valence-electron chi connectivity index (χ4n) is 2.18. The summed E-state index contributed by atoms with van der Waals surface area (Å²) in [4.78, 5) is 2.42. The van der Waals surface area contributed by atoms with Crippen molar-refractivity contribution in [2.75, 3.05) is 18.8 Å². The lowest BCUT2D eigenvalue weighted by Crippen LogP contribution is -2.26. The first-order valence-corrected chi connectivity index (χ1v) is 8.04. The van der Waals surface area contributed by atoms with E-state index in [4.69, 9.17) is 0 Å². The highest BCUT2D eigenvalue weighted by atomic mass is 79.9. The van der Waals surface area contributed by atoms with E-state index >= 15 is 0 Å². The molecular weight excluding hydrogens is 313 g/mol. The molecule has 1 heterocycles. The third kappa shape index (κ3) is 4.25. The van der Waals surface area contributed by atoms with Gasteiger partial charge >= 0.3 is 0 Å². The number of benzene rings is 1. The summed E-state index contributed by atoms with van der Waals surface area (Å²) in [6.45, 7) is 7.63. The summed E-state index contributed by atoms with van der Waals surface area (Å²) in [5.74, 6) is 0.993. The van der Waals surface area contributed by atoms with E-state index in [-0.39, 0.29) is 5.82 Å². The first-order valence-electron chi connectivity index (χ1n) is 6.26. The summed E-state index contributed by atoms with van der Waals surface area (Å²) in [7, 11) is 0. The summed E-state index contributed by atoms with van der Waals surface area (Å²) >= 11 is 5.39. The van der Waals surface area contributed by atoms with Gasteiger partial charge in [0.05, 0.1) is 0 Å². The largest absolute Gasteiger partial charge is 0.298 e. The molecule has 0 atom stereocenters. The molecule has 1 aromatic rings. The van der Waals surface area contributed by atoms with Gasteiger partial charge in [0.25, 0.3) is 0 Å². The van der Waals surface area contributed by atoms with Crippen molar-refractivity contribution in [3.05, 3.63) is 34.1 Å². The van der Waals surface area contributed by atoms with Gasteiger partial charge in [0, 0.05) is 28.1 Å². The molecule has 1 saturated heterocycles. The summed E-state index contributed by atoms with van der Waals surface area (Å²) in [6, 6.07) is 5.14. The van der Waals surface area contributed by atoms with E-state index in [1.165, 1.54) is 12.5 Å².